The van der Waals surface area contributed by atoms with Crippen LogP contribution in [-0.2, 0) is 20.8 Å². The minimum Gasteiger partial charge on any atom is -0.489 e. The minimum atomic E-state index is 0.266. The lowest BCUT2D eigenvalue weighted by molar-refractivity contribution is -0.150. The first-order valence-corrected chi connectivity index (χ1v) is 22.0. The van der Waals surface area contributed by atoms with Crippen molar-refractivity contribution in [2.45, 2.75) is 82.1 Å². The molecule has 288 valence electrons. The Morgan fingerprint density at radius 2 is 1.11 bits per heavy atom. The Kier molecular flexibility index (Phi) is 15.7. The molecule has 1 aliphatic carbocycles. The summed E-state index contributed by atoms with van der Waals surface area (Å²) in [5.41, 5.74) is 6.92. The van der Waals surface area contributed by atoms with E-state index in [2.05, 4.69) is 123 Å². The summed E-state index contributed by atoms with van der Waals surface area (Å²) in [7, 11) is 0. The number of hydrogen-bond donors (Lipinski definition) is 0. The standard InChI is InChI=1S/C49H56O4S2/c1-4-48(27-6-28-48)35-50-29-7-31-54-46-24-19-42(20-25-46)11-14-43-21-26-47(39(3)33-43)53-34-44-15-12-40(13-16-44)9-10-41-17-22-45(23-18-41)55-32-8-30-51-36-49(5-2)37-52-38-49/h12-13,15-26,33H,4-8,27-32,34-38H2,1-3H3. The molecule has 0 N–H and O–H groups in total. The Balaban J connectivity index is 0.873. The van der Waals surface area contributed by atoms with Gasteiger partial charge in [0, 0.05) is 62.2 Å². The van der Waals surface area contributed by atoms with Gasteiger partial charge in [-0.1, -0.05) is 56.1 Å². The molecule has 4 aromatic carbocycles. The molecule has 1 saturated carbocycles. The fourth-order valence-electron chi connectivity index (χ4n) is 6.63. The number of hydrogen-bond acceptors (Lipinski definition) is 6. The molecule has 4 nitrogen and oxygen atoms in total. The van der Waals surface area contributed by atoms with Gasteiger partial charge in [-0.3, -0.25) is 0 Å². The third-order valence-electron chi connectivity index (χ3n) is 10.9. The molecule has 0 bridgehead atoms. The maximum Gasteiger partial charge on any atom is 0.122 e. The third kappa shape index (κ3) is 12.7. The summed E-state index contributed by atoms with van der Waals surface area (Å²) >= 11 is 3.75. The van der Waals surface area contributed by atoms with Crippen LogP contribution in [0.1, 0.15) is 92.2 Å². The summed E-state index contributed by atoms with van der Waals surface area (Å²) < 4.78 is 23.5. The quantitative estimate of drug-likeness (QED) is 0.0537. The van der Waals surface area contributed by atoms with Crippen LogP contribution in [-0.4, -0.2) is 51.1 Å². The highest BCUT2D eigenvalue weighted by Gasteiger charge is 2.37. The van der Waals surface area contributed by atoms with Crippen molar-refractivity contribution in [1.82, 2.24) is 0 Å². The molecule has 4 aromatic rings. The van der Waals surface area contributed by atoms with E-state index in [0.29, 0.717) is 12.0 Å². The van der Waals surface area contributed by atoms with Crippen molar-refractivity contribution >= 4 is 23.5 Å². The summed E-state index contributed by atoms with van der Waals surface area (Å²) in [6, 6.07) is 31.5. The van der Waals surface area contributed by atoms with Crippen LogP contribution in [0.5, 0.6) is 5.75 Å². The number of benzene rings is 4. The van der Waals surface area contributed by atoms with Crippen molar-refractivity contribution in [2.75, 3.05) is 51.1 Å². The Hall–Kier alpha value is -3.62. The SMILES string of the molecule is CCC1(COCCCSc2ccc(C#Cc3ccc(OCc4ccc(C#Cc5ccc(SCCCOCC6(CC)COC6)cc5)cc4)c(C)c3)cc2)CCC1. The van der Waals surface area contributed by atoms with E-state index in [1.807, 2.05) is 35.7 Å². The van der Waals surface area contributed by atoms with Crippen LogP contribution in [0, 0.1) is 41.4 Å². The predicted octanol–water partition coefficient (Wildman–Crippen LogP) is 11.4. The van der Waals surface area contributed by atoms with Gasteiger partial charge in [0.1, 0.15) is 12.4 Å². The molecule has 0 radical (unpaired) electrons. The van der Waals surface area contributed by atoms with Gasteiger partial charge in [-0.05, 0) is 141 Å². The summed E-state index contributed by atoms with van der Waals surface area (Å²) in [5.74, 6) is 16.2. The van der Waals surface area contributed by atoms with E-state index in [-0.39, 0.29) is 5.41 Å². The van der Waals surface area contributed by atoms with E-state index < -0.39 is 0 Å². The van der Waals surface area contributed by atoms with Crippen LogP contribution in [0.3, 0.4) is 0 Å². The van der Waals surface area contributed by atoms with Gasteiger partial charge >= 0.3 is 0 Å². The molecule has 1 heterocycles. The predicted molar refractivity (Wildman–Crippen MR) is 229 cm³/mol. The zero-order valence-corrected chi connectivity index (χ0v) is 34.6. The van der Waals surface area contributed by atoms with Gasteiger partial charge in [-0.2, -0.15) is 0 Å². The van der Waals surface area contributed by atoms with Crippen LogP contribution >= 0.6 is 23.5 Å². The highest BCUT2D eigenvalue weighted by atomic mass is 32.2. The van der Waals surface area contributed by atoms with Gasteiger partial charge in [0.2, 0.25) is 0 Å². The van der Waals surface area contributed by atoms with Gasteiger partial charge in [0.05, 0.1) is 26.4 Å². The van der Waals surface area contributed by atoms with Crippen molar-refractivity contribution in [3.8, 4) is 29.4 Å². The van der Waals surface area contributed by atoms with Gasteiger partial charge in [-0.15, -0.1) is 23.5 Å². The van der Waals surface area contributed by atoms with Crippen LogP contribution in [0.4, 0.5) is 0 Å². The average Bonchev–Trinajstić information content (AvgIpc) is 3.18. The van der Waals surface area contributed by atoms with Gasteiger partial charge in [0.15, 0.2) is 0 Å². The van der Waals surface area contributed by atoms with Crippen molar-refractivity contribution in [3.05, 3.63) is 124 Å². The molecule has 2 fully saturated rings. The Morgan fingerprint density at radius 1 is 0.618 bits per heavy atom. The van der Waals surface area contributed by atoms with Crippen molar-refractivity contribution in [3.63, 3.8) is 0 Å². The molecular formula is C49H56O4S2. The summed E-state index contributed by atoms with van der Waals surface area (Å²) in [6.07, 6.45) is 8.54. The molecular weight excluding hydrogens is 717 g/mol. The van der Waals surface area contributed by atoms with E-state index in [1.54, 1.807) is 0 Å². The van der Waals surface area contributed by atoms with E-state index in [4.69, 9.17) is 18.9 Å². The van der Waals surface area contributed by atoms with Gasteiger partial charge in [-0.25, -0.2) is 0 Å². The molecule has 1 aliphatic heterocycles. The van der Waals surface area contributed by atoms with E-state index in [9.17, 15) is 0 Å². The smallest absolute Gasteiger partial charge is 0.122 e. The topological polar surface area (TPSA) is 36.9 Å². The highest BCUT2D eigenvalue weighted by molar-refractivity contribution is 7.99. The summed E-state index contributed by atoms with van der Waals surface area (Å²) in [6.45, 7) is 12.2. The van der Waals surface area contributed by atoms with E-state index in [0.717, 1.165) is 110 Å². The number of ether oxygens (including phenoxy) is 4. The molecule has 0 unspecified atom stereocenters. The second kappa shape index (κ2) is 21.1. The monoisotopic (exact) mass is 772 g/mol. The highest BCUT2D eigenvalue weighted by Crippen LogP contribution is 2.44. The molecule has 55 heavy (non-hydrogen) atoms. The lowest BCUT2D eigenvalue weighted by atomic mass is 9.68. The maximum absolute atomic E-state index is 6.18. The average molecular weight is 773 g/mol. The second-order valence-electron chi connectivity index (χ2n) is 15.1. The zero-order chi connectivity index (χ0) is 38.2. The molecule has 0 aromatic heterocycles. The Bertz CT molecular complexity index is 1890. The molecule has 1 saturated heterocycles. The Morgan fingerprint density at radius 3 is 1.56 bits per heavy atom. The lowest BCUT2D eigenvalue weighted by Crippen LogP contribution is -2.45. The minimum absolute atomic E-state index is 0.266. The third-order valence-corrected chi connectivity index (χ3v) is 13.1. The summed E-state index contributed by atoms with van der Waals surface area (Å²) in [5, 5.41) is 0. The molecule has 0 atom stereocenters. The number of aryl methyl sites for hydroxylation is 1. The molecule has 0 amide bonds. The van der Waals surface area contributed by atoms with Crippen molar-refractivity contribution in [2.24, 2.45) is 10.8 Å². The first kappa shape index (κ1) is 41.0. The maximum atomic E-state index is 6.18. The fraction of sp³-hybridized carbons (Fsp3) is 0.429. The molecule has 2 aliphatic rings. The Labute approximate surface area is 338 Å². The first-order chi connectivity index (χ1) is 27.0. The fourth-order valence-corrected chi connectivity index (χ4v) is 8.28. The van der Waals surface area contributed by atoms with Crippen LogP contribution < -0.4 is 4.74 Å². The number of rotatable bonds is 19. The van der Waals surface area contributed by atoms with Crippen molar-refractivity contribution < 1.29 is 18.9 Å². The van der Waals surface area contributed by atoms with Crippen LogP contribution in [0.2, 0.25) is 0 Å². The lowest BCUT2D eigenvalue weighted by Gasteiger charge is -2.40. The molecule has 6 rings (SSSR count). The molecule has 6 heteroatoms. The van der Waals surface area contributed by atoms with Crippen LogP contribution in [0.15, 0.2) is 101 Å². The van der Waals surface area contributed by atoms with Crippen molar-refractivity contribution in [1.29, 1.82) is 0 Å². The van der Waals surface area contributed by atoms with Crippen LogP contribution in [0.25, 0.3) is 0 Å². The van der Waals surface area contributed by atoms with E-state index >= 15 is 0 Å². The summed E-state index contributed by atoms with van der Waals surface area (Å²) in [4.78, 5) is 2.54. The van der Waals surface area contributed by atoms with E-state index in [1.165, 1.54) is 35.5 Å². The number of thioether (sulfide) groups is 2. The zero-order valence-electron chi connectivity index (χ0n) is 32.9. The van der Waals surface area contributed by atoms with Gasteiger partial charge < -0.3 is 18.9 Å². The normalized spacial score (nSPS) is 15.1. The molecule has 0 spiro atoms. The largest absolute Gasteiger partial charge is 0.489 e. The second-order valence-corrected chi connectivity index (χ2v) is 17.4. The first-order valence-electron chi connectivity index (χ1n) is 20.0. The van der Waals surface area contributed by atoms with Gasteiger partial charge in [0.25, 0.3) is 0 Å².